The lowest BCUT2D eigenvalue weighted by atomic mass is 10.1. The van der Waals surface area contributed by atoms with E-state index in [0.29, 0.717) is 34.7 Å². The highest BCUT2D eigenvalue weighted by Crippen LogP contribution is 2.35. The van der Waals surface area contributed by atoms with Gasteiger partial charge in [0.2, 0.25) is 0 Å². The van der Waals surface area contributed by atoms with Crippen LogP contribution in [0.2, 0.25) is 15.1 Å². The van der Waals surface area contributed by atoms with E-state index in [1.165, 1.54) is 11.6 Å². The molecule has 0 amide bonds. The van der Waals surface area contributed by atoms with Crippen molar-refractivity contribution in [3.8, 4) is 11.5 Å². The van der Waals surface area contributed by atoms with Crippen LogP contribution in [0.3, 0.4) is 0 Å². The van der Waals surface area contributed by atoms with E-state index in [1.54, 1.807) is 18.2 Å². The zero-order valence-electron chi connectivity index (χ0n) is 17.1. The molecular formula is C24H23Cl3FNO2. The second kappa shape index (κ2) is 11.6. The summed E-state index contributed by atoms with van der Waals surface area (Å²) in [5.41, 5.74) is 2.38. The standard InChI is InChI=1S/C24H23Cl3FNO2/c1-2-30-23-12-17(14-29-11-10-16-6-8-18(25)9-7-16)21(27)13-24(23)31-15-19-20(26)4-3-5-22(19)28/h3-9,12-13,29H,2,10-11,14-15H2,1H3. The van der Waals surface area contributed by atoms with Crippen molar-refractivity contribution >= 4 is 34.8 Å². The van der Waals surface area contributed by atoms with E-state index < -0.39 is 5.82 Å². The molecule has 0 saturated heterocycles. The fourth-order valence-electron chi connectivity index (χ4n) is 3.02. The zero-order chi connectivity index (χ0) is 22.2. The smallest absolute Gasteiger partial charge is 0.163 e. The van der Waals surface area contributed by atoms with Gasteiger partial charge in [0, 0.05) is 28.2 Å². The average molecular weight is 483 g/mol. The third kappa shape index (κ3) is 6.75. The van der Waals surface area contributed by atoms with E-state index in [-0.39, 0.29) is 12.2 Å². The first-order valence-electron chi connectivity index (χ1n) is 9.94. The average Bonchev–Trinajstić information content (AvgIpc) is 2.74. The highest BCUT2D eigenvalue weighted by Gasteiger charge is 2.14. The maximum atomic E-state index is 14.0. The number of hydrogen-bond donors (Lipinski definition) is 1. The molecule has 1 N–H and O–H groups in total. The predicted molar refractivity (Wildman–Crippen MR) is 125 cm³/mol. The molecule has 164 valence electrons. The Labute approximate surface area is 197 Å². The Kier molecular flexibility index (Phi) is 8.85. The molecule has 31 heavy (non-hydrogen) atoms. The van der Waals surface area contributed by atoms with Gasteiger partial charge in [-0.25, -0.2) is 4.39 Å². The van der Waals surface area contributed by atoms with Gasteiger partial charge in [0.1, 0.15) is 12.4 Å². The fraction of sp³-hybridized carbons (Fsp3) is 0.250. The molecule has 3 nitrogen and oxygen atoms in total. The van der Waals surface area contributed by atoms with Crippen LogP contribution >= 0.6 is 34.8 Å². The Bertz CT molecular complexity index is 992. The summed E-state index contributed by atoms with van der Waals surface area (Å²) in [5.74, 6) is 0.572. The van der Waals surface area contributed by atoms with Gasteiger partial charge < -0.3 is 14.8 Å². The van der Waals surface area contributed by atoms with Gasteiger partial charge >= 0.3 is 0 Å². The van der Waals surface area contributed by atoms with Crippen LogP contribution in [0.25, 0.3) is 0 Å². The summed E-state index contributed by atoms with van der Waals surface area (Å²) in [6, 6.07) is 15.9. The molecule has 0 aliphatic heterocycles. The van der Waals surface area contributed by atoms with Crippen LogP contribution in [0, 0.1) is 5.82 Å². The minimum Gasteiger partial charge on any atom is -0.490 e. The van der Waals surface area contributed by atoms with Gasteiger partial charge in [-0.1, -0.05) is 53.0 Å². The SMILES string of the molecule is CCOc1cc(CNCCc2ccc(Cl)cc2)c(Cl)cc1OCc1c(F)cccc1Cl. The van der Waals surface area contributed by atoms with Crippen molar-refractivity contribution in [1.82, 2.24) is 5.32 Å². The molecule has 0 fully saturated rings. The fourth-order valence-corrected chi connectivity index (χ4v) is 3.58. The summed E-state index contributed by atoms with van der Waals surface area (Å²) in [5, 5.41) is 4.96. The lowest BCUT2D eigenvalue weighted by Crippen LogP contribution is -2.17. The first-order valence-corrected chi connectivity index (χ1v) is 11.1. The zero-order valence-corrected chi connectivity index (χ0v) is 19.3. The Morgan fingerprint density at radius 1 is 0.903 bits per heavy atom. The maximum Gasteiger partial charge on any atom is 0.163 e. The molecule has 0 radical (unpaired) electrons. The molecule has 0 spiro atoms. The third-order valence-electron chi connectivity index (χ3n) is 4.67. The van der Waals surface area contributed by atoms with Crippen molar-refractivity contribution in [3.63, 3.8) is 0 Å². The topological polar surface area (TPSA) is 30.5 Å². The molecule has 0 bridgehead atoms. The molecule has 3 aromatic carbocycles. The van der Waals surface area contributed by atoms with E-state index in [9.17, 15) is 4.39 Å². The molecular weight excluding hydrogens is 460 g/mol. The van der Waals surface area contributed by atoms with Gasteiger partial charge in [0.25, 0.3) is 0 Å². The minimum atomic E-state index is -0.418. The first kappa shape index (κ1) is 23.7. The van der Waals surface area contributed by atoms with Gasteiger partial charge in [-0.2, -0.15) is 0 Å². The van der Waals surface area contributed by atoms with E-state index in [1.807, 2.05) is 37.3 Å². The molecule has 0 aliphatic carbocycles. The van der Waals surface area contributed by atoms with Crippen LogP contribution in [-0.4, -0.2) is 13.2 Å². The Morgan fingerprint density at radius 3 is 2.35 bits per heavy atom. The van der Waals surface area contributed by atoms with Crippen LogP contribution in [0.15, 0.2) is 54.6 Å². The first-order chi connectivity index (χ1) is 15.0. The Hall–Kier alpha value is -1.98. The number of rotatable bonds is 10. The molecule has 0 heterocycles. The van der Waals surface area contributed by atoms with Gasteiger partial charge in [0.15, 0.2) is 11.5 Å². The lowest BCUT2D eigenvalue weighted by Gasteiger charge is -2.16. The van der Waals surface area contributed by atoms with Crippen molar-refractivity contribution in [1.29, 1.82) is 0 Å². The summed E-state index contributed by atoms with van der Waals surface area (Å²) >= 11 is 18.5. The number of hydrogen-bond acceptors (Lipinski definition) is 3. The number of halogens is 4. The van der Waals surface area contributed by atoms with Gasteiger partial charge in [-0.15, -0.1) is 0 Å². The molecule has 0 aliphatic rings. The summed E-state index contributed by atoms with van der Waals surface area (Å²) in [4.78, 5) is 0. The van der Waals surface area contributed by atoms with Gasteiger partial charge in [0.05, 0.1) is 11.6 Å². The third-order valence-corrected chi connectivity index (χ3v) is 5.62. The van der Waals surface area contributed by atoms with Crippen LogP contribution in [0.1, 0.15) is 23.6 Å². The normalized spacial score (nSPS) is 10.9. The quantitative estimate of drug-likeness (QED) is 0.313. The van der Waals surface area contributed by atoms with Crippen LogP contribution in [-0.2, 0) is 19.6 Å². The molecule has 3 rings (SSSR count). The van der Waals surface area contributed by atoms with Crippen molar-refractivity contribution in [2.24, 2.45) is 0 Å². The Morgan fingerprint density at radius 2 is 1.65 bits per heavy atom. The highest BCUT2D eigenvalue weighted by atomic mass is 35.5. The summed E-state index contributed by atoms with van der Waals surface area (Å²) in [7, 11) is 0. The predicted octanol–water partition coefficient (Wildman–Crippen LogP) is 7.10. The number of nitrogens with one attached hydrogen (secondary N) is 1. The summed E-state index contributed by atoms with van der Waals surface area (Å²) in [6.07, 6.45) is 0.873. The van der Waals surface area contributed by atoms with Crippen LogP contribution in [0.5, 0.6) is 11.5 Å². The summed E-state index contributed by atoms with van der Waals surface area (Å²) in [6.45, 7) is 3.68. The molecule has 0 saturated carbocycles. The van der Waals surface area contributed by atoms with E-state index in [0.717, 1.165) is 23.6 Å². The molecule has 0 unspecified atom stereocenters. The second-order valence-corrected chi connectivity index (χ2v) is 8.12. The van der Waals surface area contributed by atoms with Crippen molar-refractivity contribution in [2.45, 2.75) is 26.5 Å². The number of benzene rings is 3. The highest BCUT2D eigenvalue weighted by molar-refractivity contribution is 6.32. The molecule has 0 aromatic heterocycles. The van der Waals surface area contributed by atoms with Crippen LogP contribution in [0.4, 0.5) is 4.39 Å². The monoisotopic (exact) mass is 481 g/mol. The molecule has 0 atom stereocenters. The summed E-state index contributed by atoms with van der Waals surface area (Å²) < 4.78 is 25.5. The van der Waals surface area contributed by atoms with Crippen molar-refractivity contribution in [3.05, 3.63) is 92.2 Å². The minimum absolute atomic E-state index is 0.0272. The van der Waals surface area contributed by atoms with Gasteiger partial charge in [-0.05, 0) is 61.3 Å². The molecule has 3 aromatic rings. The van der Waals surface area contributed by atoms with E-state index in [2.05, 4.69) is 5.32 Å². The Balaban J connectivity index is 1.64. The van der Waals surface area contributed by atoms with Gasteiger partial charge in [-0.3, -0.25) is 0 Å². The second-order valence-electron chi connectivity index (χ2n) is 6.87. The van der Waals surface area contributed by atoms with Crippen LogP contribution < -0.4 is 14.8 Å². The van der Waals surface area contributed by atoms with Crippen molar-refractivity contribution in [2.75, 3.05) is 13.2 Å². The van der Waals surface area contributed by atoms with Crippen molar-refractivity contribution < 1.29 is 13.9 Å². The van der Waals surface area contributed by atoms with E-state index in [4.69, 9.17) is 44.3 Å². The molecule has 7 heteroatoms. The maximum absolute atomic E-state index is 14.0. The van der Waals surface area contributed by atoms with E-state index >= 15 is 0 Å². The largest absolute Gasteiger partial charge is 0.490 e. The number of ether oxygens (including phenoxy) is 2. The lowest BCUT2D eigenvalue weighted by molar-refractivity contribution is 0.265.